The van der Waals surface area contributed by atoms with E-state index < -0.39 is 0 Å². The lowest BCUT2D eigenvalue weighted by Crippen LogP contribution is -2.30. The SMILES string of the molecule is CC(C)CCNC(=O)COc1c(CN)oc2ccccc12. The average Bonchev–Trinajstić information content (AvgIpc) is 2.82. The van der Waals surface area contributed by atoms with E-state index in [9.17, 15) is 4.79 Å². The van der Waals surface area contributed by atoms with Crippen molar-refractivity contribution in [1.82, 2.24) is 5.32 Å². The Labute approximate surface area is 124 Å². The number of fused-ring (bicyclic) bond motifs is 1. The number of amides is 1. The molecule has 1 amide bonds. The Kier molecular flexibility index (Phi) is 5.22. The monoisotopic (exact) mass is 290 g/mol. The van der Waals surface area contributed by atoms with Crippen LogP contribution in [0.5, 0.6) is 5.75 Å². The van der Waals surface area contributed by atoms with Crippen LogP contribution in [0.2, 0.25) is 0 Å². The van der Waals surface area contributed by atoms with Gasteiger partial charge in [-0.15, -0.1) is 0 Å². The van der Waals surface area contributed by atoms with Crippen LogP contribution in [-0.2, 0) is 11.3 Å². The number of carbonyl (C=O) groups excluding carboxylic acids is 1. The Hall–Kier alpha value is -2.01. The number of ether oxygens (including phenoxy) is 1. The second-order valence-electron chi connectivity index (χ2n) is 5.38. The Morgan fingerprint density at radius 2 is 2.14 bits per heavy atom. The molecule has 2 aromatic rings. The molecule has 0 unspecified atom stereocenters. The van der Waals surface area contributed by atoms with E-state index >= 15 is 0 Å². The first-order valence-corrected chi connectivity index (χ1v) is 7.21. The molecule has 0 aliphatic rings. The molecule has 0 aliphatic heterocycles. The summed E-state index contributed by atoms with van der Waals surface area (Å²) in [5.41, 5.74) is 6.38. The van der Waals surface area contributed by atoms with E-state index in [1.807, 2.05) is 24.3 Å². The number of nitrogens with one attached hydrogen (secondary N) is 1. The topological polar surface area (TPSA) is 77.5 Å². The highest BCUT2D eigenvalue weighted by Gasteiger charge is 2.15. The minimum absolute atomic E-state index is 0.0331. The van der Waals surface area contributed by atoms with Gasteiger partial charge in [-0.25, -0.2) is 0 Å². The largest absolute Gasteiger partial charge is 0.479 e. The van der Waals surface area contributed by atoms with E-state index in [1.165, 1.54) is 0 Å². The second-order valence-corrected chi connectivity index (χ2v) is 5.38. The third-order valence-corrected chi connectivity index (χ3v) is 3.19. The lowest BCUT2D eigenvalue weighted by atomic mass is 10.1. The molecule has 21 heavy (non-hydrogen) atoms. The highest BCUT2D eigenvalue weighted by molar-refractivity contribution is 5.86. The van der Waals surface area contributed by atoms with Crippen molar-refractivity contribution in [2.24, 2.45) is 11.7 Å². The molecule has 0 spiro atoms. The van der Waals surface area contributed by atoms with Crippen LogP contribution in [0.1, 0.15) is 26.0 Å². The van der Waals surface area contributed by atoms with Crippen LogP contribution < -0.4 is 15.8 Å². The molecule has 1 heterocycles. The lowest BCUT2D eigenvalue weighted by molar-refractivity contribution is -0.123. The molecule has 1 aromatic heterocycles. The quantitative estimate of drug-likeness (QED) is 0.821. The first kappa shape index (κ1) is 15.4. The number of rotatable bonds is 7. The fraction of sp³-hybridized carbons (Fsp3) is 0.438. The molecular formula is C16H22N2O3. The van der Waals surface area contributed by atoms with E-state index in [4.69, 9.17) is 14.9 Å². The molecule has 3 N–H and O–H groups in total. The standard InChI is InChI=1S/C16H22N2O3/c1-11(2)7-8-18-15(19)10-20-16-12-5-3-4-6-13(12)21-14(16)9-17/h3-6,11H,7-10,17H2,1-2H3,(H,18,19). The van der Waals surface area contributed by atoms with Crippen molar-refractivity contribution in [1.29, 1.82) is 0 Å². The zero-order valence-electron chi connectivity index (χ0n) is 12.5. The molecular weight excluding hydrogens is 268 g/mol. The van der Waals surface area contributed by atoms with Gasteiger partial charge in [0.15, 0.2) is 18.1 Å². The third-order valence-electron chi connectivity index (χ3n) is 3.19. The second kappa shape index (κ2) is 7.13. The van der Waals surface area contributed by atoms with Crippen LogP contribution in [0.25, 0.3) is 11.0 Å². The summed E-state index contributed by atoms with van der Waals surface area (Å²) in [5, 5.41) is 3.68. The maximum absolute atomic E-state index is 11.8. The van der Waals surface area contributed by atoms with E-state index in [0.29, 0.717) is 29.6 Å². The number of nitrogens with two attached hydrogens (primary N) is 1. The van der Waals surface area contributed by atoms with E-state index in [-0.39, 0.29) is 19.1 Å². The molecule has 0 aliphatic carbocycles. The van der Waals surface area contributed by atoms with Gasteiger partial charge in [0.1, 0.15) is 5.58 Å². The predicted molar refractivity (Wildman–Crippen MR) is 82.1 cm³/mol. The average molecular weight is 290 g/mol. The summed E-state index contributed by atoms with van der Waals surface area (Å²) in [6.07, 6.45) is 0.953. The van der Waals surface area contributed by atoms with Gasteiger partial charge >= 0.3 is 0 Å². The normalized spacial score (nSPS) is 11.0. The Balaban J connectivity index is 1.98. The van der Waals surface area contributed by atoms with Crippen LogP contribution in [-0.4, -0.2) is 19.1 Å². The van der Waals surface area contributed by atoms with Crippen molar-refractivity contribution < 1.29 is 13.9 Å². The van der Waals surface area contributed by atoms with E-state index in [2.05, 4.69) is 19.2 Å². The van der Waals surface area contributed by atoms with Crippen LogP contribution in [0.4, 0.5) is 0 Å². The number of hydrogen-bond acceptors (Lipinski definition) is 4. The predicted octanol–water partition coefficient (Wildman–Crippen LogP) is 2.43. The summed E-state index contributed by atoms with van der Waals surface area (Å²) >= 11 is 0. The summed E-state index contributed by atoms with van der Waals surface area (Å²) in [4.78, 5) is 11.8. The van der Waals surface area contributed by atoms with Crippen molar-refractivity contribution in [3.8, 4) is 5.75 Å². The van der Waals surface area contributed by atoms with Crippen molar-refractivity contribution in [3.05, 3.63) is 30.0 Å². The molecule has 5 nitrogen and oxygen atoms in total. The van der Waals surface area contributed by atoms with Crippen LogP contribution in [0.3, 0.4) is 0 Å². The molecule has 114 valence electrons. The fourth-order valence-corrected chi connectivity index (χ4v) is 2.05. The van der Waals surface area contributed by atoms with Gasteiger partial charge in [-0.3, -0.25) is 4.79 Å². The number of furan rings is 1. The smallest absolute Gasteiger partial charge is 0.257 e. The number of benzene rings is 1. The molecule has 1 aromatic carbocycles. The summed E-state index contributed by atoms with van der Waals surface area (Å²) in [6, 6.07) is 7.52. The van der Waals surface area contributed by atoms with Crippen molar-refractivity contribution in [3.63, 3.8) is 0 Å². The van der Waals surface area contributed by atoms with E-state index in [0.717, 1.165) is 11.8 Å². The van der Waals surface area contributed by atoms with Crippen LogP contribution in [0.15, 0.2) is 28.7 Å². The summed E-state index contributed by atoms with van der Waals surface area (Å²) < 4.78 is 11.2. The highest BCUT2D eigenvalue weighted by Crippen LogP contribution is 2.32. The Morgan fingerprint density at radius 3 is 2.86 bits per heavy atom. The maximum atomic E-state index is 11.8. The lowest BCUT2D eigenvalue weighted by Gasteiger charge is -2.08. The maximum Gasteiger partial charge on any atom is 0.257 e. The summed E-state index contributed by atoms with van der Waals surface area (Å²) in [6.45, 7) is 5.10. The molecule has 0 atom stereocenters. The summed E-state index contributed by atoms with van der Waals surface area (Å²) in [5.74, 6) is 1.55. The van der Waals surface area contributed by atoms with Gasteiger partial charge in [0, 0.05) is 6.54 Å². The van der Waals surface area contributed by atoms with Gasteiger partial charge in [-0.05, 0) is 24.5 Å². The molecule has 0 radical (unpaired) electrons. The molecule has 0 bridgehead atoms. The molecule has 0 saturated heterocycles. The zero-order chi connectivity index (χ0) is 15.2. The Bertz CT molecular complexity index is 605. The van der Waals surface area contributed by atoms with Crippen molar-refractivity contribution in [2.75, 3.05) is 13.2 Å². The van der Waals surface area contributed by atoms with Gasteiger partial charge < -0.3 is 20.2 Å². The third kappa shape index (κ3) is 3.98. The molecule has 0 fully saturated rings. The van der Waals surface area contributed by atoms with Gasteiger partial charge in [0.25, 0.3) is 5.91 Å². The minimum atomic E-state index is -0.135. The minimum Gasteiger partial charge on any atom is -0.479 e. The number of para-hydroxylation sites is 1. The number of hydrogen-bond donors (Lipinski definition) is 2. The molecule has 5 heteroatoms. The zero-order valence-corrected chi connectivity index (χ0v) is 12.5. The van der Waals surface area contributed by atoms with Gasteiger partial charge in [-0.2, -0.15) is 0 Å². The first-order chi connectivity index (χ1) is 10.1. The van der Waals surface area contributed by atoms with Crippen LogP contribution >= 0.6 is 0 Å². The van der Waals surface area contributed by atoms with Gasteiger partial charge in [-0.1, -0.05) is 26.0 Å². The van der Waals surface area contributed by atoms with E-state index in [1.54, 1.807) is 0 Å². The Morgan fingerprint density at radius 1 is 1.38 bits per heavy atom. The van der Waals surface area contributed by atoms with Crippen molar-refractivity contribution in [2.45, 2.75) is 26.8 Å². The fourth-order valence-electron chi connectivity index (χ4n) is 2.05. The molecule has 0 saturated carbocycles. The van der Waals surface area contributed by atoms with Crippen molar-refractivity contribution >= 4 is 16.9 Å². The summed E-state index contributed by atoms with van der Waals surface area (Å²) in [7, 11) is 0. The van der Waals surface area contributed by atoms with Gasteiger partial charge in [0.05, 0.1) is 11.9 Å². The number of carbonyl (C=O) groups is 1. The van der Waals surface area contributed by atoms with Crippen LogP contribution in [0, 0.1) is 5.92 Å². The van der Waals surface area contributed by atoms with Gasteiger partial charge in [0.2, 0.25) is 0 Å². The molecule has 2 rings (SSSR count). The first-order valence-electron chi connectivity index (χ1n) is 7.21. The highest BCUT2D eigenvalue weighted by atomic mass is 16.5.